The second kappa shape index (κ2) is 6.16. The van der Waals surface area contributed by atoms with Gasteiger partial charge in [0.05, 0.1) is 22.4 Å². The van der Waals surface area contributed by atoms with E-state index in [4.69, 9.17) is 14.9 Å². The van der Waals surface area contributed by atoms with Gasteiger partial charge in [0.2, 0.25) is 5.88 Å². The van der Waals surface area contributed by atoms with Crippen LogP contribution in [-0.4, -0.2) is 0 Å². The van der Waals surface area contributed by atoms with Gasteiger partial charge in [0.15, 0.2) is 5.75 Å². The zero-order valence-electron chi connectivity index (χ0n) is 14.1. The van der Waals surface area contributed by atoms with Crippen LogP contribution in [0.4, 0.5) is 13.2 Å². The number of halogens is 3. The normalized spacial score (nSPS) is 16.4. The van der Waals surface area contributed by atoms with Gasteiger partial charge in [-0.25, -0.2) is 4.79 Å². The number of hydrogen-bond donors (Lipinski definition) is 1. The molecule has 0 saturated carbocycles. The molecule has 0 saturated heterocycles. The molecular formula is C20H11F3N2O3. The first-order valence-corrected chi connectivity index (χ1v) is 8.11. The van der Waals surface area contributed by atoms with E-state index in [2.05, 4.69) is 0 Å². The number of para-hydroxylation sites is 1. The van der Waals surface area contributed by atoms with Crippen LogP contribution in [0.15, 0.2) is 69.2 Å². The van der Waals surface area contributed by atoms with Gasteiger partial charge in [-0.15, -0.1) is 0 Å². The number of nitrogens with zero attached hydrogens (tertiary/aromatic N) is 1. The maximum Gasteiger partial charge on any atom is 0.416 e. The van der Waals surface area contributed by atoms with Crippen LogP contribution in [0.25, 0.3) is 11.0 Å². The number of benzene rings is 2. The number of allylic oxidation sites excluding steroid dienone is 1. The van der Waals surface area contributed by atoms with Gasteiger partial charge in [0.25, 0.3) is 0 Å². The minimum atomic E-state index is -4.51. The number of nitriles is 1. The van der Waals surface area contributed by atoms with Gasteiger partial charge in [0, 0.05) is 0 Å². The number of fused-ring (bicyclic) bond motifs is 3. The summed E-state index contributed by atoms with van der Waals surface area (Å²) in [7, 11) is 0. The highest BCUT2D eigenvalue weighted by atomic mass is 19.4. The summed E-state index contributed by atoms with van der Waals surface area (Å²) in [5.74, 6) is -1.08. The van der Waals surface area contributed by atoms with Crippen molar-refractivity contribution in [3.05, 3.63) is 87.1 Å². The Labute approximate surface area is 156 Å². The maximum absolute atomic E-state index is 12.9. The van der Waals surface area contributed by atoms with Crippen LogP contribution >= 0.6 is 0 Å². The van der Waals surface area contributed by atoms with Crippen molar-refractivity contribution in [2.45, 2.75) is 12.1 Å². The van der Waals surface area contributed by atoms with Gasteiger partial charge in [-0.1, -0.05) is 24.3 Å². The van der Waals surface area contributed by atoms with Crippen LogP contribution < -0.4 is 16.1 Å². The van der Waals surface area contributed by atoms with Gasteiger partial charge >= 0.3 is 11.8 Å². The first-order chi connectivity index (χ1) is 13.3. The predicted molar refractivity (Wildman–Crippen MR) is 93.2 cm³/mol. The summed E-state index contributed by atoms with van der Waals surface area (Å²) in [6, 6.07) is 12.7. The molecule has 3 aromatic rings. The molecule has 0 amide bonds. The number of alkyl halides is 3. The zero-order chi connectivity index (χ0) is 20.1. The van der Waals surface area contributed by atoms with Crippen LogP contribution in [0, 0.1) is 11.3 Å². The lowest BCUT2D eigenvalue weighted by Gasteiger charge is -2.26. The van der Waals surface area contributed by atoms with Crippen molar-refractivity contribution in [1.82, 2.24) is 0 Å². The zero-order valence-corrected chi connectivity index (χ0v) is 14.1. The minimum Gasteiger partial charge on any atom is -0.439 e. The van der Waals surface area contributed by atoms with Gasteiger partial charge in [-0.2, -0.15) is 18.4 Å². The third-order valence-corrected chi connectivity index (χ3v) is 4.55. The van der Waals surface area contributed by atoms with Gasteiger partial charge in [-0.05, 0) is 29.8 Å². The average molecular weight is 384 g/mol. The molecule has 0 unspecified atom stereocenters. The second-order valence-electron chi connectivity index (χ2n) is 6.17. The first kappa shape index (κ1) is 17.7. The van der Waals surface area contributed by atoms with E-state index in [9.17, 15) is 23.2 Å². The summed E-state index contributed by atoms with van der Waals surface area (Å²) in [5, 5.41) is 9.99. The summed E-state index contributed by atoms with van der Waals surface area (Å²) in [6.07, 6.45) is -4.51. The highest BCUT2D eigenvalue weighted by Gasteiger charge is 2.36. The summed E-state index contributed by atoms with van der Waals surface area (Å²) < 4.78 is 49.5. The van der Waals surface area contributed by atoms with Crippen LogP contribution in [0.1, 0.15) is 22.6 Å². The molecule has 0 spiro atoms. The molecule has 2 aromatic carbocycles. The van der Waals surface area contributed by atoms with Crippen LogP contribution in [0.3, 0.4) is 0 Å². The van der Waals surface area contributed by atoms with E-state index in [-0.39, 0.29) is 28.4 Å². The van der Waals surface area contributed by atoms with E-state index in [0.29, 0.717) is 10.9 Å². The smallest absolute Gasteiger partial charge is 0.416 e. The molecule has 1 aliphatic heterocycles. The highest BCUT2D eigenvalue weighted by Crippen LogP contribution is 2.43. The molecule has 0 fully saturated rings. The van der Waals surface area contributed by atoms with Crippen molar-refractivity contribution in [1.29, 1.82) is 5.26 Å². The van der Waals surface area contributed by atoms with E-state index < -0.39 is 23.3 Å². The van der Waals surface area contributed by atoms with Gasteiger partial charge < -0.3 is 14.9 Å². The van der Waals surface area contributed by atoms with E-state index in [1.165, 1.54) is 12.1 Å². The Balaban J connectivity index is 1.98. The Bertz CT molecular complexity index is 1220. The Morgan fingerprint density at radius 2 is 1.75 bits per heavy atom. The van der Waals surface area contributed by atoms with E-state index in [0.717, 1.165) is 12.1 Å². The molecule has 5 nitrogen and oxygen atoms in total. The summed E-state index contributed by atoms with van der Waals surface area (Å²) in [5.41, 5.74) is 4.80. The molecule has 8 heteroatoms. The molecule has 0 radical (unpaired) electrons. The monoisotopic (exact) mass is 384 g/mol. The SMILES string of the molecule is N#CC1=C(N)Oc2c(c(=O)oc3ccccc23)[C@H]1c1ccc(C(F)(F)F)cc1. The molecule has 28 heavy (non-hydrogen) atoms. The molecule has 1 aromatic heterocycles. The Morgan fingerprint density at radius 3 is 2.39 bits per heavy atom. The Morgan fingerprint density at radius 1 is 1.07 bits per heavy atom. The lowest BCUT2D eigenvalue weighted by molar-refractivity contribution is -0.137. The topological polar surface area (TPSA) is 89.3 Å². The third kappa shape index (κ3) is 2.68. The number of hydrogen-bond acceptors (Lipinski definition) is 5. The molecule has 2 N–H and O–H groups in total. The third-order valence-electron chi connectivity index (χ3n) is 4.55. The second-order valence-corrected chi connectivity index (χ2v) is 6.17. The maximum atomic E-state index is 12.9. The molecule has 140 valence electrons. The van der Waals surface area contributed by atoms with Crippen LogP contribution in [0.2, 0.25) is 0 Å². The lowest BCUT2D eigenvalue weighted by Crippen LogP contribution is -2.26. The fourth-order valence-electron chi connectivity index (χ4n) is 3.26. The van der Waals surface area contributed by atoms with Crippen molar-refractivity contribution in [2.75, 3.05) is 0 Å². The standard InChI is InChI=1S/C20H11F3N2O3/c21-20(22,23)11-7-5-10(6-8-11)15-13(9-24)18(25)28-17-12-3-1-2-4-14(12)27-19(26)16(15)17/h1-8,15H,25H2/t15-/m0/s1. The van der Waals surface area contributed by atoms with E-state index in [1.807, 2.05) is 6.07 Å². The molecule has 2 heterocycles. The number of nitrogens with two attached hydrogens (primary N) is 1. The lowest BCUT2D eigenvalue weighted by atomic mass is 9.83. The van der Waals surface area contributed by atoms with Crippen molar-refractivity contribution < 1.29 is 22.3 Å². The van der Waals surface area contributed by atoms with Gasteiger partial charge in [-0.3, -0.25) is 0 Å². The van der Waals surface area contributed by atoms with Crippen molar-refractivity contribution in [2.24, 2.45) is 5.73 Å². The van der Waals surface area contributed by atoms with Crippen LogP contribution in [0.5, 0.6) is 5.75 Å². The largest absolute Gasteiger partial charge is 0.439 e. The molecule has 0 bridgehead atoms. The average Bonchev–Trinajstić information content (AvgIpc) is 2.66. The van der Waals surface area contributed by atoms with E-state index >= 15 is 0 Å². The minimum absolute atomic E-state index is 0.0178. The quantitative estimate of drug-likeness (QED) is 0.640. The number of rotatable bonds is 1. The Hall–Kier alpha value is -3.73. The van der Waals surface area contributed by atoms with Crippen molar-refractivity contribution in [3.63, 3.8) is 0 Å². The highest BCUT2D eigenvalue weighted by molar-refractivity contribution is 5.86. The van der Waals surface area contributed by atoms with Crippen LogP contribution in [-0.2, 0) is 6.18 Å². The van der Waals surface area contributed by atoms with Crippen molar-refractivity contribution >= 4 is 11.0 Å². The van der Waals surface area contributed by atoms with E-state index in [1.54, 1.807) is 24.3 Å². The first-order valence-electron chi connectivity index (χ1n) is 8.11. The molecule has 0 aliphatic carbocycles. The summed E-state index contributed by atoms with van der Waals surface area (Å²) in [4.78, 5) is 12.7. The summed E-state index contributed by atoms with van der Waals surface area (Å²) in [6.45, 7) is 0. The fourth-order valence-corrected chi connectivity index (χ4v) is 3.26. The molecule has 1 aliphatic rings. The van der Waals surface area contributed by atoms with Gasteiger partial charge in [0.1, 0.15) is 17.2 Å². The molecule has 1 atom stereocenters. The summed E-state index contributed by atoms with van der Waals surface area (Å²) >= 11 is 0. The fraction of sp³-hybridized carbons (Fsp3) is 0.100. The molecule has 4 rings (SSSR count). The van der Waals surface area contributed by atoms with Crippen molar-refractivity contribution in [3.8, 4) is 11.8 Å². The Kier molecular flexibility index (Phi) is 3.89. The molecular weight excluding hydrogens is 373 g/mol. The predicted octanol–water partition coefficient (Wildman–Crippen LogP) is 4.03. The number of ether oxygens (including phenoxy) is 1.